The van der Waals surface area contributed by atoms with Crippen LogP contribution < -0.4 is 21.9 Å². The number of aromatic nitrogens is 2. The Balaban J connectivity index is 2.80. The molecular formula is C13H24N6O2. The summed E-state index contributed by atoms with van der Waals surface area (Å²) in [6.07, 6.45) is 0. The van der Waals surface area contributed by atoms with Crippen molar-refractivity contribution < 1.29 is 9.53 Å². The normalized spacial score (nSPS) is 11.1. The first kappa shape index (κ1) is 17.1. The molecule has 0 unspecified atom stereocenters. The molecule has 1 rings (SSSR count). The van der Waals surface area contributed by atoms with Gasteiger partial charge in [-0.3, -0.25) is 4.79 Å². The Hall–Kier alpha value is -1.93. The maximum atomic E-state index is 11.7. The van der Waals surface area contributed by atoms with Crippen molar-refractivity contribution in [3.63, 3.8) is 0 Å². The molecule has 0 saturated carbocycles. The molecule has 8 nitrogen and oxygen atoms in total. The number of nitrogens with one attached hydrogen (secondary N) is 3. The zero-order chi connectivity index (χ0) is 15.9. The molecule has 0 bridgehead atoms. The van der Waals surface area contributed by atoms with Crippen LogP contribution >= 0.6 is 0 Å². The fraction of sp³-hybridized carbons (Fsp3) is 0.615. The van der Waals surface area contributed by atoms with Crippen LogP contribution in [-0.2, 0) is 16.1 Å². The number of hydrogen-bond donors (Lipinski definition) is 4. The Bertz CT molecular complexity index is 478. The van der Waals surface area contributed by atoms with Crippen LogP contribution in [-0.4, -0.2) is 36.1 Å². The lowest BCUT2D eigenvalue weighted by Crippen LogP contribution is -2.39. The fourth-order valence-corrected chi connectivity index (χ4v) is 1.65. The second-order valence-corrected chi connectivity index (χ2v) is 5.15. The minimum absolute atomic E-state index is 0.0456. The molecule has 1 aromatic heterocycles. The molecule has 1 heterocycles. The van der Waals surface area contributed by atoms with Gasteiger partial charge in [-0.15, -0.1) is 0 Å². The van der Waals surface area contributed by atoms with Crippen molar-refractivity contribution in [3.8, 4) is 0 Å². The lowest BCUT2D eigenvalue weighted by Gasteiger charge is -2.23. The molecule has 1 aromatic rings. The minimum Gasteiger partial charge on any atom is -0.374 e. The standard InChI is InChI=1S/C13H24N6O2/c1-5-21-7-11-17-9(6-10(18-11)19-14)16-8-13(2,3)12(20)15-4/h6H,5,7-8,14H2,1-4H3,(H,15,20)(H2,16,17,18,19). The predicted molar refractivity (Wildman–Crippen MR) is 81.5 cm³/mol. The maximum absolute atomic E-state index is 11.7. The van der Waals surface area contributed by atoms with Crippen LogP contribution in [0.2, 0.25) is 0 Å². The summed E-state index contributed by atoms with van der Waals surface area (Å²) in [5, 5.41) is 5.77. The van der Waals surface area contributed by atoms with Gasteiger partial charge in [0.1, 0.15) is 18.2 Å². The summed E-state index contributed by atoms with van der Waals surface area (Å²) >= 11 is 0. The lowest BCUT2D eigenvalue weighted by atomic mass is 9.92. The number of nitrogens with zero attached hydrogens (tertiary/aromatic N) is 2. The third kappa shape index (κ3) is 5.16. The van der Waals surface area contributed by atoms with Crippen LogP contribution in [0, 0.1) is 5.41 Å². The number of rotatable bonds is 8. The van der Waals surface area contributed by atoms with Crippen molar-refractivity contribution in [1.82, 2.24) is 15.3 Å². The smallest absolute Gasteiger partial charge is 0.227 e. The fourth-order valence-electron chi connectivity index (χ4n) is 1.65. The molecule has 118 valence electrons. The molecule has 0 aliphatic heterocycles. The van der Waals surface area contributed by atoms with Gasteiger partial charge in [0.15, 0.2) is 5.82 Å². The summed E-state index contributed by atoms with van der Waals surface area (Å²) in [4.78, 5) is 20.3. The number of nitrogen functional groups attached to an aromatic ring is 1. The van der Waals surface area contributed by atoms with Gasteiger partial charge < -0.3 is 20.8 Å². The van der Waals surface area contributed by atoms with E-state index in [0.29, 0.717) is 37.2 Å². The van der Waals surface area contributed by atoms with Gasteiger partial charge in [0.25, 0.3) is 0 Å². The van der Waals surface area contributed by atoms with E-state index in [0.717, 1.165) is 0 Å². The van der Waals surface area contributed by atoms with Gasteiger partial charge in [-0.05, 0) is 20.8 Å². The maximum Gasteiger partial charge on any atom is 0.227 e. The Morgan fingerprint density at radius 3 is 2.62 bits per heavy atom. The van der Waals surface area contributed by atoms with E-state index in [4.69, 9.17) is 10.6 Å². The summed E-state index contributed by atoms with van der Waals surface area (Å²) < 4.78 is 5.29. The van der Waals surface area contributed by atoms with Crippen LogP contribution in [0.1, 0.15) is 26.6 Å². The molecule has 0 aromatic carbocycles. The second-order valence-electron chi connectivity index (χ2n) is 5.15. The molecule has 0 fully saturated rings. The first-order valence-electron chi connectivity index (χ1n) is 6.81. The number of amides is 1. The highest BCUT2D eigenvalue weighted by atomic mass is 16.5. The number of anilines is 2. The van der Waals surface area contributed by atoms with Crippen LogP contribution in [0.25, 0.3) is 0 Å². The monoisotopic (exact) mass is 296 g/mol. The van der Waals surface area contributed by atoms with Gasteiger partial charge in [-0.2, -0.15) is 0 Å². The topological polar surface area (TPSA) is 114 Å². The summed E-state index contributed by atoms with van der Waals surface area (Å²) in [7, 11) is 1.62. The van der Waals surface area contributed by atoms with Crippen molar-refractivity contribution in [2.75, 3.05) is 30.9 Å². The van der Waals surface area contributed by atoms with Crippen LogP contribution in [0.3, 0.4) is 0 Å². The number of hydrogen-bond acceptors (Lipinski definition) is 7. The van der Waals surface area contributed by atoms with Gasteiger partial charge in [-0.1, -0.05) is 0 Å². The van der Waals surface area contributed by atoms with Gasteiger partial charge in [0.05, 0.1) is 5.41 Å². The first-order valence-corrected chi connectivity index (χ1v) is 6.81. The van der Waals surface area contributed by atoms with Gasteiger partial charge in [0.2, 0.25) is 5.91 Å². The van der Waals surface area contributed by atoms with E-state index >= 15 is 0 Å². The third-order valence-electron chi connectivity index (χ3n) is 2.91. The molecule has 0 aliphatic carbocycles. The average Bonchev–Trinajstić information content (AvgIpc) is 2.49. The SMILES string of the molecule is CCOCc1nc(NN)cc(NCC(C)(C)C(=O)NC)n1. The van der Waals surface area contributed by atoms with Gasteiger partial charge in [-0.25, -0.2) is 15.8 Å². The summed E-state index contributed by atoms with van der Waals surface area (Å²) in [5.74, 6) is 6.94. The highest BCUT2D eigenvalue weighted by Gasteiger charge is 2.26. The Morgan fingerprint density at radius 2 is 2.05 bits per heavy atom. The van der Waals surface area contributed by atoms with Crippen molar-refractivity contribution >= 4 is 17.5 Å². The predicted octanol–water partition coefficient (Wildman–Crippen LogP) is 0.483. The van der Waals surface area contributed by atoms with Crippen LogP contribution in [0.5, 0.6) is 0 Å². The quantitative estimate of drug-likeness (QED) is 0.407. The van der Waals surface area contributed by atoms with Crippen molar-refractivity contribution in [2.24, 2.45) is 11.3 Å². The zero-order valence-electron chi connectivity index (χ0n) is 13.0. The van der Waals surface area contributed by atoms with Crippen molar-refractivity contribution in [2.45, 2.75) is 27.4 Å². The van der Waals surface area contributed by atoms with Crippen molar-refractivity contribution in [1.29, 1.82) is 0 Å². The molecule has 0 radical (unpaired) electrons. The highest BCUT2D eigenvalue weighted by Crippen LogP contribution is 2.17. The number of carbonyl (C=O) groups is 1. The van der Waals surface area contributed by atoms with E-state index in [1.807, 2.05) is 20.8 Å². The first-order chi connectivity index (χ1) is 9.92. The lowest BCUT2D eigenvalue weighted by molar-refractivity contribution is -0.128. The van der Waals surface area contributed by atoms with Gasteiger partial charge in [0, 0.05) is 26.3 Å². The van der Waals surface area contributed by atoms with Crippen LogP contribution in [0.15, 0.2) is 6.07 Å². The molecular weight excluding hydrogens is 272 g/mol. The molecule has 0 atom stereocenters. The zero-order valence-corrected chi connectivity index (χ0v) is 13.0. The Labute approximate surface area is 124 Å². The Kier molecular flexibility index (Phi) is 6.32. The molecule has 1 amide bonds. The second kappa shape index (κ2) is 7.75. The molecule has 21 heavy (non-hydrogen) atoms. The molecule has 0 spiro atoms. The minimum atomic E-state index is -0.559. The van der Waals surface area contributed by atoms with E-state index in [9.17, 15) is 4.79 Å². The third-order valence-corrected chi connectivity index (χ3v) is 2.91. The molecule has 0 saturated heterocycles. The van der Waals surface area contributed by atoms with E-state index in [1.165, 1.54) is 0 Å². The summed E-state index contributed by atoms with van der Waals surface area (Å²) in [5.41, 5.74) is 1.93. The molecule has 5 N–H and O–H groups in total. The highest BCUT2D eigenvalue weighted by molar-refractivity contribution is 5.82. The van der Waals surface area contributed by atoms with E-state index in [-0.39, 0.29) is 5.91 Å². The molecule has 0 aliphatic rings. The van der Waals surface area contributed by atoms with E-state index < -0.39 is 5.41 Å². The van der Waals surface area contributed by atoms with Crippen LogP contribution in [0.4, 0.5) is 11.6 Å². The number of ether oxygens (including phenoxy) is 1. The molecule has 8 heteroatoms. The summed E-state index contributed by atoms with van der Waals surface area (Å²) in [6, 6.07) is 1.68. The van der Waals surface area contributed by atoms with Gasteiger partial charge >= 0.3 is 0 Å². The number of carbonyl (C=O) groups excluding carboxylic acids is 1. The average molecular weight is 296 g/mol. The Morgan fingerprint density at radius 1 is 1.38 bits per heavy atom. The van der Waals surface area contributed by atoms with Crippen molar-refractivity contribution in [3.05, 3.63) is 11.9 Å². The number of nitrogens with two attached hydrogens (primary N) is 1. The summed E-state index contributed by atoms with van der Waals surface area (Å²) in [6.45, 7) is 6.92. The van der Waals surface area contributed by atoms with E-state index in [2.05, 4.69) is 26.0 Å². The number of hydrazine groups is 1. The largest absolute Gasteiger partial charge is 0.374 e. The van der Waals surface area contributed by atoms with E-state index in [1.54, 1.807) is 13.1 Å².